The average molecular weight is 449 g/mol. The molecule has 0 aliphatic heterocycles. The standard InChI is InChI=1S/C30H34ClF/c1-2-22-11-16-27(17-12-22)28-18-13-25(14-19-28)8-7-23-3-5-24(6-4-23)9-10-26-15-20-29(31)30(32)21-26/h3-6,11-12,15-17,20-21,25,28H,2,7-10,13-14,18-19H2,1H3. The Morgan fingerprint density at radius 1 is 0.719 bits per heavy atom. The molecule has 0 saturated heterocycles. The minimum atomic E-state index is -0.331. The van der Waals surface area contributed by atoms with E-state index < -0.39 is 0 Å². The Balaban J connectivity index is 1.20. The van der Waals surface area contributed by atoms with E-state index in [-0.39, 0.29) is 10.8 Å². The van der Waals surface area contributed by atoms with Crippen LogP contribution in [0.5, 0.6) is 0 Å². The summed E-state index contributed by atoms with van der Waals surface area (Å²) in [5, 5.41) is 0.192. The molecule has 0 radical (unpaired) electrons. The third-order valence-corrected chi connectivity index (χ3v) is 7.56. The summed E-state index contributed by atoms with van der Waals surface area (Å²) < 4.78 is 13.6. The fraction of sp³-hybridized carbons (Fsp3) is 0.400. The average Bonchev–Trinajstić information content (AvgIpc) is 2.84. The summed E-state index contributed by atoms with van der Waals surface area (Å²) in [4.78, 5) is 0. The van der Waals surface area contributed by atoms with Gasteiger partial charge in [0, 0.05) is 0 Å². The Bertz CT molecular complexity index is 982. The van der Waals surface area contributed by atoms with Crippen molar-refractivity contribution < 1.29 is 4.39 Å². The van der Waals surface area contributed by atoms with Crippen LogP contribution in [0.2, 0.25) is 5.02 Å². The van der Waals surface area contributed by atoms with Gasteiger partial charge in [-0.05, 0) is 110 Å². The van der Waals surface area contributed by atoms with E-state index >= 15 is 0 Å². The molecule has 0 amide bonds. The highest BCUT2D eigenvalue weighted by Gasteiger charge is 2.22. The van der Waals surface area contributed by atoms with Crippen LogP contribution in [-0.2, 0) is 25.7 Å². The minimum absolute atomic E-state index is 0.192. The van der Waals surface area contributed by atoms with Crippen molar-refractivity contribution in [1.82, 2.24) is 0 Å². The molecule has 1 fully saturated rings. The first-order chi connectivity index (χ1) is 15.6. The molecule has 0 bridgehead atoms. The molecule has 0 unspecified atom stereocenters. The Hall–Kier alpha value is -2.12. The summed E-state index contributed by atoms with van der Waals surface area (Å²) in [7, 11) is 0. The second-order valence-electron chi connectivity index (χ2n) is 9.42. The van der Waals surface area contributed by atoms with Crippen LogP contribution in [0.1, 0.15) is 72.8 Å². The van der Waals surface area contributed by atoms with Crippen LogP contribution in [0.25, 0.3) is 0 Å². The maximum atomic E-state index is 13.6. The van der Waals surface area contributed by atoms with Gasteiger partial charge in [0.15, 0.2) is 0 Å². The molecule has 2 heteroatoms. The first-order valence-electron chi connectivity index (χ1n) is 12.2. The third kappa shape index (κ3) is 6.23. The van der Waals surface area contributed by atoms with Crippen molar-refractivity contribution in [3.63, 3.8) is 0 Å². The zero-order valence-electron chi connectivity index (χ0n) is 19.1. The van der Waals surface area contributed by atoms with E-state index in [1.54, 1.807) is 12.1 Å². The van der Waals surface area contributed by atoms with Gasteiger partial charge in [0.25, 0.3) is 0 Å². The van der Waals surface area contributed by atoms with Gasteiger partial charge in [0.05, 0.1) is 5.02 Å². The summed E-state index contributed by atoms with van der Waals surface area (Å²) in [5.41, 5.74) is 6.71. The molecule has 3 aromatic carbocycles. The molecule has 4 rings (SSSR count). The van der Waals surface area contributed by atoms with Crippen molar-refractivity contribution in [3.05, 3.63) is 105 Å². The lowest BCUT2D eigenvalue weighted by molar-refractivity contribution is 0.310. The number of hydrogen-bond donors (Lipinski definition) is 0. The van der Waals surface area contributed by atoms with Crippen LogP contribution in [0.3, 0.4) is 0 Å². The van der Waals surface area contributed by atoms with E-state index in [9.17, 15) is 4.39 Å². The van der Waals surface area contributed by atoms with Crippen LogP contribution in [0.4, 0.5) is 4.39 Å². The van der Waals surface area contributed by atoms with Crippen molar-refractivity contribution >= 4 is 11.6 Å². The van der Waals surface area contributed by atoms with Crippen molar-refractivity contribution in [2.45, 2.75) is 70.6 Å². The lowest BCUT2D eigenvalue weighted by Gasteiger charge is -2.29. The molecular formula is C30H34ClF. The molecule has 3 aromatic rings. The summed E-state index contributed by atoms with van der Waals surface area (Å²) in [6, 6.07) is 23.4. The van der Waals surface area contributed by atoms with Crippen LogP contribution in [-0.4, -0.2) is 0 Å². The molecule has 32 heavy (non-hydrogen) atoms. The quantitative estimate of drug-likeness (QED) is 0.323. The lowest BCUT2D eigenvalue weighted by Crippen LogP contribution is -2.14. The minimum Gasteiger partial charge on any atom is -0.205 e. The molecule has 0 nitrogen and oxygen atoms in total. The monoisotopic (exact) mass is 448 g/mol. The zero-order chi connectivity index (χ0) is 22.3. The van der Waals surface area contributed by atoms with E-state index in [1.165, 1.54) is 60.8 Å². The fourth-order valence-corrected chi connectivity index (χ4v) is 5.15. The summed E-state index contributed by atoms with van der Waals surface area (Å²) in [6.45, 7) is 2.22. The van der Waals surface area contributed by atoms with Gasteiger partial charge in [-0.25, -0.2) is 4.39 Å². The Morgan fingerprint density at radius 2 is 1.28 bits per heavy atom. The molecule has 0 N–H and O–H groups in total. The highest BCUT2D eigenvalue weighted by molar-refractivity contribution is 6.30. The van der Waals surface area contributed by atoms with Crippen LogP contribution < -0.4 is 0 Å². The second kappa shape index (κ2) is 11.1. The van der Waals surface area contributed by atoms with E-state index in [0.717, 1.165) is 36.7 Å². The molecule has 1 aliphatic rings. The second-order valence-corrected chi connectivity index (χ2v) is 9.82. The van der Waals surface area contributed by atoms with Crippen molar-refractivity contribution in [2.24, 2.45) is 5.92 Å². The summed E-state index contributed by atoms with van der Waals surface area (Å²) >= 11 is 5.77. The van der Waals surface area contributed by atoms with E-state index in [0.29, 0.717) is 0 Å². The molecule has 0 spiro atoms. The van der Waals surface area contributed by atoms with Gasteiger partial charge in [-0.1, -0.05) is 73.1 Å². The highest BCUT2D eigenvalue weighted by Crippen LogP contribution is 2.37. The largest absolute Gasteiger partial charge is 0.205 e. The van der Waals surface area contributed by atoms with Crippen LogP contribution in [0.15, 0.2) is 66.7 Å². The molecule has 0 aromatic heterocycles. The molecule has 0 atom stereocenters. The molecule has 1 aliphatic carbocycles. The van der Waals surface area contributed by atoms with Crippen molar-refractivity contribution in [3.8, 4) is 0 Å². The Labute approximate surface area is 197 Å². The van der Waals surface area contributed by atoms with Crippen molar-refractivity contribution in [1.29, 1.82) is 0 Å². The van der Waals surface area contributed by atoms with Gasteiger partial charge >= 0.3 is 0 Å². The van der Waals surface area contributed by atoms with Gasteiger partial charge in [0.1, 0.15) is 5.82 Å². The maximum absolute atomic E-state index is 13.6. The van der Waals surface area contributed by atoms with E-state index in [4.69, 9.17) is 11.6 Å². The van der Waals surface area contributed by atoms with Crippen LogP contribution >= 0.6 is 11.6 Å². The smallest absolute Gasteiger partial charge is 0.142 e. The number of rotatable bonds is 8. The SMILES string of the molecule is CCc1ccc(C2CCC(CCc3ccc(CCc4ccc(Cl)c(F)c4)cc3)CC2)cc1. The molecule has 1 saturated carbocycles. The van der Waals surface area contributed by atoms with Gasteiger partial charge in [-0.15, -0.1) is 0 Å². The summed E-state index contributed by atoms with van der Waals surface area (Å²) in [6.07, 6.45) is 10.7. The van der Waals surface area contributed by atoms with Gasteiger partial charge in [0.2, 0.25) is 0 Å². The Morgan fingerprint density at radius 3 is 1.91 bits per heavy atom. The zero-order valence-corrected chi connectivity index (χ0v) is 19.9. The normalized spacial score (nSPS) is 18.6. The lowest BCUT2D eigenvalue weighted by atomic mass is 9.77. The highest BCUT2D eigenvalue weighted by atomic mass is 35.5. The van der Waals surface area contributed by atoms with Crippen LogP contribution in [0, 0.1) is 11.7 Å². The first kappa shape index (κ1) is 23.1. The van der Waals surface area contributed by atoms with E-state index in [2.05, 4.69) is 55.5 Å². The number of hydrogen-bond acceptors (Lipinski definition) is 0. The van der Waals surface area contributed by atoms with E-state index in [1.807, 2.05) is 6.07 Å². The predicted octanol–water partition coefficient (Wildman–Crippen LogP) is 8.73. The maximum Gasteiger partial charge on any atom is 0.142 e. The number of halogens is 2. The molecular weight excluding hydrogens is 415 g/mol. The molecule has 168 valence electrons. The predicted molar refractivity (Wildman–Crippen MR) is 134 cm³/mol. The topological polar surface area (TPSA) is 0 Å². The van der Waals surface area contributed by atoms with Gasteiger partial charge < -0.3 is 0 Å². The fourth-order valence-electron chi connectivity index (χ4n) is 5.04. The third-order valence-electron chi connectivity index (χ3n) is 7.26. The summed E-state index contributed by atoms with van der Waals surface area (Å²) in [5.74, 6) is 1.29. The van der Waals surface area contributed by atoms with Crippen molar-refractivity contribution in [2.75, 3.05) is 0 Å². The number of benzene rings is 3. The Kier molecular flexibility index (Phi) is 8.03. The van der Waals surface area contributed by atoms with Gasteiger partial charge in [-0.3, -0.25) is 0 Å². The molecule has 0 heterocycles. The number of aryl methyl sites for hydroxylation is 4. The first-order valence-corrected chi connectivity index (χ1v) is 12.6. The van der Waals surface area contributed by atoms with Gasteiger partial charge in [-0.2, -0.15) is 0 Å².